The molecule has 0 spiro atoms. The molecule has 2 heterocycles. The van der Waals surface area contributed by atoms with Crippen molar-refractivity contribution < 1.29 is 0 Å². The van der Waals surface area contributed by atoms with Gasteiger partial charge in [-0.25, -0.2) is 10.0 Å². The van der Waals surface area contributed by atoms with E-state index in [-0.39, 0.29) is 0 Å². The number of piperidine rings is 2. The fourth-order valence-corrected chi connectivity index (χ4v) is 4.08. The Balaban J connectivity index is 1.61. The van der Waals surface area contributed by atoms with E-state index in [1.165, 1.54) is 63.7 Å². The minimum absolute atomic E-state index is 0.701. The number of hydrogen-bond donors (Lipinski definition) is 0. The molecule has 3 heteroatoms. The molecule has 22 heavy (non-hydrogen) atoms. The monoisotopic (exact) mass is 301 g/mol. The molecule has 3 rings (SSSR count). The molecule has 1 aromatic carbocycles. The molecule has 0 aromatic heterocycles. The topological polar surface area (TPSA) is 9.72 Å². The van der Waals surface area contributed by atoms with Crippen molar-refractivity contribution in [2.24, 2.45) is 0 Å². The van der Waals surface area contributed by atoms with Crippen molar-refractivity contribution in [2.75, 3.05) is 33.7 Å². The maximum atomic E-state index is 2.71. The minimum Gasteiger partial charge on any atom is -0.306 e. The van der Waals surface area contributed by atoms with Gasteiger partial charge in [0.15, 0.2) is 0 Å². The van der Waals surface area contributed by atoms with Gasteiger partial charge in [-0.1, -0.05) is 36.8 Å². The second kappa shape index (κ2) is 7.58. The summed E-state index contributed by atoms with van der Waals surface area (Å²) >= 11 is 0. The summed E-state index contributed by atoms with van der Waals surface area (Å²) in [5.74, 6) is 0. The molecule has 1 aromatic rings. The van der Waals surface area contributed by atoms with Gasteiger partial charge in [0.2, 0.25) is 0 Å². The smallest absolute Gasteiger partial charge is 0.0286 e. The summed E-state index contributed by atoms with van der Waals surface area (Å²) < 4.78 is 0. The average molecular weight is 301 g/mol. The highest BCUT2D eigenvalue weighted by Gasteiger charge is 2.30. The number of rotatable bonds is 4. The van der Waals surface area contributed by atoms with Gasteiger partial charge in [-0.2, -0.15) is 0 Å². The molecule has 0 radical (unpaired) electrons. The Morgan fingerprint density at radius 1 is 0.955 bits per heavy atom. The highest BCUT2D eigenvalue weighted by Crippen LogP contribution is 2.25. The molecule has 122 valence electrons. The third-order valence-corrected chi connectivity index (χ3v) is 5.44. The molecule has 0 aliphatic carbocycles. The molecular formula is C19H31N3. The lowest BCUT2D eigenvalue weighted by molar-refractivity contribution is -0.0967. The maximum Gasteiger partial charge on any atom is 0.0286 e. The first-order valence-corrected chi connectivity index (χ1v) is 8.96. The van der Waals surface area contributed by atoms with Gasteiger partial charge in [0.05, 0.1) is 0 Å². The molecule has 1 atom stereocenters. The van der Waals surface area contributed by atoms with Gasteiger partial charge in [-0.15, -0.1) is 0 Å². The molecule has 3 nitrogen and oxygen atoms in total. The predicted molar refractivity (Wildman–Crippen MR) is 92.8 cm³/mol. The molecule has 2 aliphatic heterocycles. The Labute approximate surface area is 135 Å². The van der Waals surface area contributed by atoms with E-state index in [0.717, 1.165) is 6.04 Å². The molecule has 0 N–H and O–H groups in total. The van der Waals surface area contributed by atoms with Gasteiger partial charge in [0.25, 0.3) is 0 Å². The average Bonchev–Trinajstić information content (AvgIpc) is 2.56. The van der Waals surface area contributed by atoms with E-state index in [9.17, 15) is 0 Å². The van der Waals surface area contributed by atoms with Gasteiger partial charge in [0, 0.05) is 31.7 Å². The molecule has 2 aliphatic rings. The number of hydrazine groups is 1. The highest BCUT2D eigenvalue weighted by molar-refractivity contribution is 5.16. The standard InChI is InChI=1S/C19H31N3/c1-20(2)18-11-14-21(15-12-18)22-13-7-6-10-19(22)16-17-8-4-3-5-9-17/h3-5,8-9,18-19H,6-7,10-16H2,1-2H3. The third-order valence-electron chi connectivity index (χ3n) is 5.44. The van der Waals surface area contributed by atoms with E-state index in [1.54, 1.807) is 0 Å². The van der Waals surface area contributed by atoms with Crippen LogP contribution in [-0.4, -0.2) is 60.7 Å². The Morgan fingerprint density at radius 2 is 1.68 bits per heavy atom. The second-order valence-electron chi connectivity index (χ2n) is 7.15. The molecule has 0 bridgehead atoms. The third kappa shape index (κ3) is 3.89. The lowest BCUT2D eigenvalue weighted by Crippen LogP contribution is -2.56. The summed E-state index contributed by atoms with van der Waals surface area (Å²) in [5.41, 5.74) is 1.49. The highest BCUT2D eigenvalue weighted by atomic mass is 15.6. The van der Waals surface area contributed by atoms with Gasteiger partial charge in [-0.05, 0) is 51.8 Å². The SMILES string of the molecule is CN(C)C1CCN(N2CCCCC2Cc2ccccc2)CC1. The van der Waals surface area contributed by atoms with Crippen molar-refractivity contribution in [3.05, 3.63) is 35.9 Å². The van der Waals surface area contributed by atoms with Crippen LogP contribution in [0, 0.1) is 0 Å². The quantitative estimate of drug-likeness (QED) is 0.846. The molecule has 0 amide bonds. The van der Waals surface area contributed by atoms with Crippen molar-refractivity contribution in [1.82, 2.24) is 14.9 Å². The summed E-state index contributed by atoms with van der Waals surface area (Å²) in [6, 6.07) is 12.5. The van der Waals surface area contributed by atoms with Crippen LogP contribution in [0.4, 0.5) is 0 Å². The van der Waals surface area contributed by atoms with Crippen LogP contribution >= 0.6 is 0 Å². The van der Waals surface area contributed by atoms with Crippen LogP contribution in [0.15, 0.2) is 30.3 Å². The Kier molecular flexibility index (Phi) is 5.51. The van der Waals surface area contributed by atoms with Crippen LogP contribution in [0.2, 0.25) is 0 Å². The van der Waals surface area contributed by atoms with Crippen LogP contribution in [0.25, 0.3) is 0 Å². The number of benzene rings is 1. The summed E-state index contributed by atoms with van der Waals surface area (Å²) in [6.45, 7) is 3.71. The first-order valence-electron chi connectivity index (χ1n) is 8.96. The summed E-state index contributed by atoms with van der Waals surface area (Å²) in [7, 11) is 4.44. The van der Waals surface area contributed by atoms with Crippen molar-refractivity contribution in [2.45, 2.75) is 50.6 Å². The van der Waals surface area contributed by atoms with E-state index >= 15 is 0 Å². The van der Waals surface area contributed by atoms with Crippen LogP contribution in [0.3, 0.4) is 0 Å². The van der Waals surface area contributed by atoms with E-state index in [1.807, 2.05) is 0 Å². The Morgan fingerprint density at radius 3 is 2.36 bits per heavy atom. The second-order valence-corrected chi connectivity index (χ2v) is 7.15. The Hall–Kier alpha value is -0.900. The van der Waals surface area contributed by atoms with Crippen molar-refractivity contribution >= 4 is 0 Å². The first-order chi connectivity index (χ1) is 10.7. The zero-order valence-electron chi connectivity index (χ0n) is 14.2. The molecule has 1 unspecified atom stereocenters. The summed E-state index contributed by atoms with van der Waals surface area (Å²) in [6.07, 6.45) is 7.92. The fraction of sp³-hybridized carbons (Fsp3) is 0.684. The molecular weight excluding hydrogens is 270 g/mol. The van der Waals surface area contributed by atoms with E-state index < -0.39 is 0 Å². The lowest BCUT2D eigenvalue weighted by atomic mass is 9.96. The maximum absolute atomic E-state index is 2.71. The van der Waals surface area contributed by atoms with E-state index in [2.05, 4.69) is 59.3 Å². The Bertz CT molecular complexity index is 437. The van der Waals surface area contributed by atoms with Crippen molar-refractivity contribution in [3.8, 4) is 0 Å². The van der Waals surface area contributed by atoms with E-state index in [4.69, 9.17) is 0 Å². The molecule has 2 saturated heterocycles. The minimum atomic E-state index is 0.701. The summed E-state index contributed by atoms with van der Waals surface area (Å²) in [4.78, 5) is 2.40. The van der Waals surface area contributed by atoms with Crippen molar-refractivity contribution in [1.29, 1.82) is 0 Å². The number of hydrogen-bond acceptors (Lipinski definition) is 3. The van der Waals surface area contributed by atoms with E-state index in [0.29, 0.717) is 6.04 Å². The van der Waals surface area contributed by atoms with Crippen LogP contribution in [0.5, 0.6) is 0 Å². The first kappa shape index (κ1) is 16.0. The van der Waals surface area contributed by atoms with Gasteiger partial charge in [0.1, 0.15) is 0 Å². The fourth-order valence-electron chi connectivity index (χ4n) is 4.08. The largest absolute Gasteiger partial charge is 0.306 e. The van der Waals surface area contributed by atoms with Gasteiger partial charge in [-0.3, -0.25) is 0 Å². The van der Waals surface area contributed by atoms with Crippen LogP contribution in [0.1, 0.15) is 37.7 Å². The van der Waals surface area contributed by atoms with Crippen LogP contribution in [-0.2, 0) is 6.42 Å². The molecule has 2 fully saturated rings. The summed E-state index contributed by atoms with van der Waals surface area (Å²) in [5, 5.41) is 5.37. The zero-order chi connectivity index (χ0) is 15.4. The number of nitrogens with zero attached hydrogens (tertiary/aromatic N) is 3. The van der Waals surface area contributed by atoms with Gasteiger partial charge >= 0.3 is 0 Å². The van der Waals surface area contributed by atoms with Crippen LogP contribution < -0.4 is 0 Å². The lowest BCUT2D eigenvalue weighted by Gasteiger charge is -2.47. The predicted octanol–water partition coefficient (Wildman–Crippen LogP) is 3.02. The molecule has 0 saturated carbocycles. The normalized spacial score (nSPS) is 25.7. The zero-order valence-corrected chi connectivity index (χ0v) is 14.2. The van der Waals surface area contributed by atoms with Gasteiger partial charge < -0.3 is 4.90 Å². The van der Waals surface area contributed by atoms with Crippen molar-refractivity contribution in [3.63, 3.8) is 0 Å².